The molecular weight excluding hydrogens is 473 g/mol. The Morgan fingerprint density at radius 3 is 2.86 bits per heavy atom. The van der Waals surface area contributed by atoms with Gasteiger partial charge >= 0.3 is 0 Å². The lowest BCUT2D eigenvalue weighted by atomic mass is 10.1. The fraction of sp³-hybridized carbons (Fsp3) is 0.526. The number of aryl methyl sites for hydroxylation is 2. The van der Waals surface area contributed by atoms with Crippen LogP contribution >= 0.6 is 24.0 Å². The highest BCUT2D eigenvalue weighted by Gasteiger charge is 2.18. The lowest BCUT2D eigenvalue weighted by molar-refractivity contribution is 0.140. The average molecular weight is 501 g/mol. The molecule has 0 aliphatic carbocycles. The molecule has 0 bridgehead atoms. The first kappa shape index (κ1) is 22.4. The molecule has 3 rings (SSSR count). The Labute approximate surface area is 182 Å². The van der Waals surface area contributed by atoms with Crippen molar-refractivity contribution in [3.05, 3.63) is 41.0 Å². The Morgan fingerprint density at radius 2 is 2.18 bits per heavy atom. The minimum Gasteiger partial charge on any atom is -0.488 e. The average Bonchev–Trinajstić information content (AvgIpc) is 3.31. The summed E-state index contributed by atoms with van der Waals surface area (Å²) >= 11 is 0. The number of nitrogens with one attached hydrogen (secondary N) is 2. The molecule has 8 nitrogen and oxygen atoms in total. The maximum atomic E-state index is 6.14. The molecule has 1 unspecified atom stereocenters. The van der Waals surface area contributed by atoms with Gasteiger partial charge in [0.05, 0.1) is 13.2 Å². The first-order valence-electron chi connectivity index (χ1n) is 9.21. The van der Waals surface area contributed by atoms with E-state index in [0.717, 1.165) is 24.3 Å². The van der Waals surface area contributed by atoms with Crippen molar-refractivity contribution in [2.24, 2.45) is 4.99 Å². The Bertz CT molecular complexity index is 775. The van der Waals surface area contributed by atoms with Crippen molar-refractivity contribution in [3.63, 3.8) is 0 Å². The van der Waals surface area contributed by atoms with Crippen molar-refractivity contribution >= 4 is 29.9 Å². The Kier molecular flexibility index (Phi) is 8.97. The van der Waals surface area contributed by atoms with E-state index in [1.807, 2.05) is 0 Å². The molecule has 28 heavy (non-hydrogen) atoms. The van der Waals surface area contributed by atoms with Crippen LogP contribution in [0.15, 0.2) is 27.7 Å². The fourth-order valence-electron chi connectivity index (χ4n) is 2.83. The lowest BCUT2D eigenvalue weighted by Crippen LogP contribution is -2.38. The topological polar surface area (TPSA) is 93.8 Å². The Morgan fingerprint density at radius 1 is 1.32 bits per heavy atom. The second-order valence-corrected chi connectivity index (χ2v) is 6.55. The number of benzene rings is 1. The summed E-state index contributed by atoms with van der Waals surface area (Å²) in [5, 5.41) is 10.4. The van der Waals surface area contributed by atoms with Gasteiger partial charge in [-0.25, -0.2) is 0 Å². The third-order valence-electron chi connectivity index (χ3n) is 4.28. The van der Waals surface area contributed by atoms with Crippen molar-refractivity contribution in [2.45, 2.75) is 39.3 Å². The number of guanidine groups is 1. The van der Waals surface area contributed by atoms with Crippen molar-refractivity contribution in [3.8, 4) is 5.75 Å². The molecular formula is C19H28IN5O3. The van der Waals surface area contributed by atoms with Crippen LogP contribution < -0.4 is 15.4 Å². The molecule has 9 heteroatoms. The van der Waals surface area contributed by atoms with Crippen LogP contribution in [0.5, 0.6) is 5.75 Å². The molecule has 154 valence electrons. The van der Waals surface area contributed by atoms with Crippen molar-refractivity contribution in [1.29, 1.82) is 0 Å². The summed E-state index contributed by atoms with van der Waals surface area (Å²) in [6.07, 6.45) is 1.70. The van der Waals surface area contributed by atoms with Gasteiger partial charge in [0.25, 0.3) is 0 Å². The quantitative estimate of drug-likeness (QED) is 0.342. The second-order valence-electron chi connectivity index (χ2n) is 6.55. The van der Waals surface area contributed by atoms with Gasteiger partial charge in [-0.2, -0.15) is 4.98 Å². The molecule has 1 aromatic heterocycles. The summed E-state index contributed by atoms with van der Waals surface area (Å²) in [5.74, 6) is 2.87. The minimum atomic E-state index is 0. The van der Waals surface area contributed by atoms with E-state index >= 15 is 0 Å². The minimum absolute atomic E-state index is 0. The van der Waals surface area contributed by atoms with E-state index in [1.54, 1.807) is 14.0 Å². The third kappa shape index (κ3) is 6.62. The van der Waals surface area contributed by atoms with Crippen molar-refractivity contribution in [1.82, 2.24) is 20.8 Å². The molecule has 1 aliphatic heterocycles. The molecule has 0 radical (unpaired) electrons. The first-order chi connectivity index (χ1) is 13.1. The van der Waals surface area contributed by atoms with Crippen LogP contribution in [0.4, 0.5) is 0 Å². The van der Waals surface area contributed by atoms with E-state index in [-0.39, 0.29) is 30.1 Å². The van der Waals surface area contributed by atoms with E-state index in [9.17, 15) is 0 Å². The summed E-state index contributed by atoms with van der Waals surface area (Å²) in [5.41, 5.74) is 2.26. The zero-order valence-corrected chi connectivity index (χ0v) is 18.9. The number of ether oxygens (including phenoxy) is 2. The monoisotopic (exact) mass is 501 g/mol. The van der Waals surface area contributed by atoms with Gasteiger partial charge in [0.2, 0.25) is 5.89 Å². The van der Waals surface area contributed by atoms with Gasteiger partial charge in [0, 0.05) is 38.5 Å². The largest absolute Gasteiger partial charge is 0.488 e. The smallest absolute Gasteiger partial charge is 0.228 e. The van der Waals surface area contributed by atoms with E-state index in [0.29, 0.717) is 43.8 Å². The number of hydrogen-bond donors (Lipinski definition) is 2. The Balaban J connectivity index is 0.00000280. The number of nitrogens with zero attached hydrogens (tertiary/aromatic N) is 3. The van der Waals surface area contributed by atoms with Crippen LogP contribution in [0.1, 0.15) is 29.3 Å². The second kappa shape index (κ2) is 11.2. The number of hydrogen-bond acceptors (Lipinski definition) is 6. The standard InChI is InChI=1S/C19H27N5O3.HI/c1-13-4-5-15(17(10-13)26-16-7-9-25-12-16)11-22-19(20-3)21-8-6-18-23-14(2)24-27-18;/h4-5,10,16H,6-9,11-12H2,1-3H3,(H2,20,21,22);1H. The molecule has 1 saturated heterocycles. The maximum Gasteiger partial charge on any atom is 0.228 e. The predicted octanol–water partition coefficient (Wildman–Crippen LogP) is 2.38. The van der Waals surface area contributed by atoms with E-state index in [4.69, 9.17) is 14.0 Å². The molecule has 0 saturated carbocycles. The van der Waals surface area contributed by atoms with Crippen LogP contribution in [0.3, 0.4) is 0 Å². The Hall–Kier alpha value is -1.88. The molecule has 1 aromatic carbocycles. The van der Waals surface area contributed by atoms with Gasteiger partial charge in [-0.15, -0.1) is 24.0 Å². The predicted molar refractivity (Wildman–Crippen MR) is 117 cm³/mol. The summed E-state index contributed by atoms with van der Waals surface area (Å²) in [4.78, 5) is 8.45. The van der Waals surface area contributed by atoms with Gasteiger partial charge in [0.15, 0.2) is 11.8 Å². The molecule has 2 aromatic rings. The highest BCUT2D eigenvalue weighted by molar-refractivity contribution is 14.0. The zero-order valence-electron chi connectivity index (χ0n) is 16.5. The van der Waals surface area contributed by atoms with Gasteiger partial charge < -0.3 is 24.6 Å². The number of aromatic nitrogens is 2. The molecule has 1 atom stereocenters. The van der Waals surface area contributed by atoms with Crippen LogP contribution in [-0.2, 0) is 17.7 Å². The highest BCUT2D eigenvalue weighted by atomic mass is 127. The van der Waals surface area contributed by atoms with Gasteiger partial charge in [-0.3, -0.25) is 4.99 Å². The lowest BCUT2D eigenvalue weighted by Gasteiger charge is -2.18. The van der Waals surface area contributed by atoms with Crippen molar-refractivity contribution in [2.75, 3.05) is 26.8 Å². The van der Waals surface area contributed by atoms with Gasteiger partial charge in [-0.1, -0.05) is 17.3 Å². The molecule has 1 fully saturated rings. The van der Waals surface area contributed by atoms with Crippen LogP contribution in [0.25, 0.3) is 0 Å². The highest BCUT2D eigenvalue weighted by Crippen LogP contribution is 2.23. The normalized spacial score (nSPS) is 16.5. The van der Waals surface area contributed by atoms with Crippen LogP contribution in [0, 0.1) is 13.8 Å². The van der Waals surface area contributed by atoms with E-state index in [1.165, 1.54) is 5.56 Å². The summed E-state index contributed by atoms with van der Waals surface area (Å²) in [7, 11) is 1.74. The molecule has 2 heterocycles. The molecule has 1 aliphatic rings. The van der Waals surface area contributed by atoms with Crippen LogP contribution in [0.2, 0.25) is 0 Å². The van der Waals surface area contributed by atoms with E-state index in [2.05, 4.69) is 50.9 Å². The fourth-order valence-corrected chi connectivity index (χ4v) is 2.83. The summed E-state index contributed by atoms with van der Waals surface area (Å²) in [6, 6.07) is 6.24. The van der Waals surface area contributed by atoms with Crippen molar-refractivity contribution < 1.29 is 14.0 Å². The SMILES string of the molecule is CN=C(NCCc1nc(C)no1)NCc1ccc(C)cc1OC1CCOC1.I. The first-order valence-corrected chi connectivity index (χ1v) is 9.21. The number of rotatable bonds is 7. The maximum absolute atomic E-state index is 6.14. The zero-order chi connectivity index (χ0) is 19.1. The van der Waals surface area contributed by atoms with E-state index < -0.39 is 0 Å². The molecule has 0 spiro atoms. The third-order valence-corrected chi connectivity index (χ3v) is 4.28. The van der Waals surface area contributed by atoms with Gasteiger partial charge in [-0.05, 0) is 25.5 Å². The number of halogens is 1. The summed E-state index contributed by atoms with van der Waals surface area (Å²) < 4.78 is 16.7. The van der Waals surface area contributed by atoms with Gasteiger partial charge in [0.1, 0.15) is 11.9 Å². The molecule has 0 amide bonds. The molecule has 2 N–H and O–H groups in total. The number of aliphatic imine (C=N–C) groups is 1. The van der Waals surface area contributed by atoms with Crippen LogP contribution in [-0.4, -0.2) is 49.0 Å². The summed E-state index contributed by atoms with van der Waals surface area (Å²) in [6.45, 7) is 6.55.